The van der Waals surface area contributed by atoms with Crippen molar-refractivity contribution in [1.82, 2.24) is 10.2 Å². The summed E-state index contributed by atoms with van der Waals surface area (Å²) in [6.45, 7) is 3.22. The summed E-state index contributed by atoms with van der Waals surface area (Å²) < 4.78 is 0.914. The third kappa shape index (κ3) is 3.47. The highest BCUT2D eigenvalue weighted by Crippen LogP contribution is 2.29. The molecular formula is C20H20BrN3O3. The smallest absolute Gasteiger partial charge is 0.319 e. The highest BCUT2D eigenvalue weighted by molar-refractivity contribution is 9.10. The largest absolute Gasteiger partial charge is 0.325 e. The van der Waals surface area contributed by atoms with Crippen molar-refractivity contribution in [2.75, 3.05) is 18.5 Å². The van der Waals surface area contributed by atoms with Crippen LogP contribution in [0.2, 0.25) is 0 Å². The van der Waals surface area contributed by atoms with Crippen LogP contribution in [0.3, 0.4) is 0 Å². The summed E-state index contributed by atoms with van der Waals surface area (Å²) in [4.78, 5) is 40.5. The standard InChI is InChI=1S/C20H20BrN3O3/c1-13-11-15(21)9-10-16(13)23(3)17(25)12-24-18(26)20(2,22-19(24)27)14-7-5-4-6-8-14/h4-11H,12H2,1-3H3,(H,22,27). The summed E-state index contributed by atoms with van der Waals surface area (Å²) in [5, 5.41) is 2.71. The minimum Gasteiger partial charge on any atom is -0.319 e. The number of amides is 4. The molecule has 0 bridgehead atoms. The third-order valence-electron chi connectivity index (χ3n) is 4.81. The van der Waals surface area contributed by atoms with E-state index in [0.29, 0.717) is 5.56 Å². The number of carbonyl (C=O) groups is 3. The van der Waals surface area contributed by atoms with Crippen LogP contribution < -0.4 is 10.2 Å². The van der Waals surface area contributed by atoms with E-state index in [9.17, 15) is 14.4 Å². The topological polar surface area (TPSA) is 69.7 Å². The van der Waals surface area contributed by atoms with E-state index >= 15 is 0 Å². The van der Waals surface area contributed by atoms with Crippen molar-refractivity contribution in [2.24, 2.45) is 0 Å². The van der Waals surface area contributed by atoms with Crippen molar-refractivity contribution in [2.45, 2.75) is 19.4 Å². The van der Waals surface area contributed by atoms with E-state index in [0.717, 1.165) is 20.6 Å². The number of benzene rings is 2. The lowest BCUT2D eigenvalue weighted by molar-refractivity contribution is -0.134. The van der Waals surface area contributed by atoms with Crippen LogP contribution in [0.25, 0.3) is 0 Å². The van der Waals surface area contributed by atoms with Gasteiger partial charge in [-0.2, -0.15) is 0 Å². The Morgan fingerprint density at radius 2 is 1.85 bits per heavy atom. The quantitative estimate of drug-likeness (QED) is 0.758. The van der Waals surface area contributed by atoms with Crippen LogP contribution in [0.1, 0.15) is 18.1 Å². The van der Waals surface area contributed by atoms with Crippen molar-refractivity contribution in [3.05, 3.63) is 64.1 Å². The molecule has 6 nitrogen and oxygen atoms in total. The summed E-state index contributed by atoms with van der Waals surface area (Å²) in [6, 6.07) is 14.0. The predicted molar refractivity (Wildman–Crippen MR) is 106 cm³/mol. The minimum atomic E-state index is -1.18. The number of imide groups is 1. The highest BCUT2D eigenvalue weighted by atomic mass is 79.9. The second-order valence-electron chi connectivity index (χ2n) is 6.70. The Labute approximate surface area is 166 Å². The Morgan fingerprint density at radius 3 is 2.48 bits per heavy atom. The van der Waals surface area contributed by atoms with E-state index < -0.39 is 17.5 Å². The van der Waals surface area contributed by atoms with Crippen LogP contribution in [0.5, 0.6) is 0 Å². The molecule has 0 aromatic heterocycles. The van der Waals surface area contributed by atoms with E-state index in [2.05, 4.69) is 21.2 Å². The zero-order chi connectivity index (χ0) is 19.8. The number of hydrogen-bond donors (Lipinski definition) is 1. The molecule has 7 heteroatoms. The molecule has 0 saturated carbocycles. The van der Waals surface area contributed by atoms with Gasteiger partial charge in [-0.1, -0.05) is 46.3 Å². The molecule has 1 fully saturated rings. The lowest BCUT2D eigenvalue weighted by Gasteiger charge is -2.24. The van der Waals surface area contributed by atoms with Crippen molar-refractivity contribution in [1.29, 1.82) is 0 Å². The molecule has 1 aliphatic rings. The molecule has 2 aromatic carbocycles. The summed E-state index contributed by atoms with van der Waals surface area (Å²) >= 11 is 3.39. The fourth-order valence-corrected chi connectivity index (χ4v) is 3.65. The molecule has 1 atom stereocenters. The first kappa shape index (κ1) is 19.1. The zero-order valence-corrected chi connectivity index (χ0v) is 16.9. The van der Waals surface area contributed by atoms with Gasteiger partial charge >= 0.3 is 6.03 Å². The van der Waals surface area contributed by atoms with Crippen LogP contribution in [0.4, 0.5) is 10.5 Å². The molecule has 2 aromatic rings. The second kappa shape index (κ2) is 7.15. The van der Waals surface area contributed by atoms with Crippen LogP contribution >= 0.6 is 15.9 Å². The molecule has 1 aliphatic heterocycles. The molecule has 3 rings (SSSR count). The van der Waals surface area contributed by atoms with Crippen molar-refractivity contribution in [3.8, 4) is 0 Å². The maximum Gasteiger partial charge on any atom is 0.325 e. The molecule has 140 valence electrons. The molecule has 1 saturated heterocycles. The van der Waals surface area contributed by atoms with Gasteiger partial charge in [0.15, 0.2) is 0 Å². The Kier molecular flexibility index (Phi) is 5.06. The maximum absolute atomic E-state index is 12.9. The first-order chi connectivity index (χ1) is 12.7. The molecule has 1 heterocycles. The lowest BCUT2D eigenvalue weighted by atomic mass is 9.92. The number of likely N-dealkylation sites (N-methyl/N-ethyl adjacent to an activating group) is 1. The SMILES string of the molecule is Cc1cc(Br)ccc1N(C)C(=O)CN1C(=O)NC(C)(c2ccccc2)C1=O. The Balaban J connectivity index is 1.80. The zero-order valence-electron chi connectivity index (χ0n) is 15.3. The Morgan fingerprint density at radius 1 is 1.19 bits per heavy atom. The van der Waals surface area contributed by atoms with E-state index in [-0.39, 0.29) is 12.5 Å². The number of aryl methyl sites for hydroxylation is 1. The van der Waals surface area contributed by atoms with Gasteiger partial charge in [0.25, 0.3) is 5.91 Å². The monoisotopic (exact) mass is 429 g/mol. The molecule has 0 aliphatic carbocycles. The summed E-state index contributed by atoms with van der Waals surface area (Å²) in [6.07, 6.45) is 0. The normalized spacial score (nSPS) is 19.2. The van der Waals surface area contributed by atoms with Crippen molar-refractivity contribution in [3.63, 3.8) is 0 Å². The van der Waals surface area contributed by atoms with Gasteiger partial charge < -0.3 is 10.2 Å². The lowest BCUT2D eigenvalue weighted by Crippen LogP contribution is -2.43. The van der Waals surface area contributed by atoms with E-state index in [1.807, 2.05) is 31.2 Å². The highest BCUT2D eigenvalue weighted by Gasteiger charge is 2.49. The van der Waals surface area contributed by atoms with Crippen LogP contribution in [-0.2, 0) is 15.1 Å². The predicted octanol–water partition coefficient (Wildman–Crippen LogP) is 3.19. The molecule has 0 radical (unpaired) electrons. The third-order valence-corrected chi connectivity index (χ3v) is 5.31. The molecule has 1 unspecified atom stereocenters. The maximum atomic E-state index is 12.9. The number of nitrogens with zero attached hydrogens (tertiary/aromatic N) is 2. The molecule has 0 spiro atoms. The number of nitrogens with one attached hydrogen (secondary N) is 1. The number of carbonyl (C=O) groups excluding carboxylic acids is 3. The summed E-state index contributed by atoms with van der Waals surface area (Å²) in [5.74, 6) is -0.783. The average molecular weight is 430 g/mol. The van der Waals surface area contributed by atoms with Crippen LogP contribution in [0, 0.1) is 6.92 Å². The first-order valence-corrected chi connectivity index (χ1v) is 9.25. The van der Waals surface area contributed by atoms with Gasteiger partial charge in [-0.05, 0) is 43.2 Å². The number of halogens is 1. The number of rotatable bonds is 4. The van der Waals surface area contributed by atoms with E-state index in [1.165, 1.54) is 4.90 Å². The second-order valence-corrected chi connectivity index (χ2v) is 7.61. The van der Waals surface area contributed by atoms with Gasteiger partial charge in [0.2, 0.25) is 5.91 Å². The van der Waals surface area contributed by atoms with Crippen molar-refractivity contribution >= 4 is 39.5 Å². The molecule has 4 amide bonds. The average Bonchev–Trinajstić information content (AvgIpc) is 2.86. The van der Waals surface area contributed by atoms with E-state index in [1.54, 1.807) is 38.2 Å². The van der Waals surface area contributed by atoms with Gasteiger partial charge in [-0.3, -0.25) is 14.5 Å². The van der Waals surface area contributed by atoms with E-state index in [4.69, 9.17) is 0 Å². The van der Waals surface area contributed by atoms with Gasteiger partial charge in [0, 0.05) is 17.2 Å². The fourth-order valence-electron chi connectivity index (χ4n) is 3.18. The summed E-state index contributed by atoms with van der Waals surface area (Å²) in [5.41, 5.74) is 1.13. The van der Waals surface area contributed by atoms with Gasteiger partial charge in [-0.25, -0.2) is 4.79 Å². The van der Waals surface area contributed by atoms with Crippen LogP contribution in [-0.4, -0.2) is 36.3 Å². The number of urea groups is 1. The van der Waals surface area contributed by atoms with Crippen molar-refractivity contribution < 1.29 is 14.4 Å². The number of anilines is 1. The molecular weight excluding hydrogens is 410 g/mol. The molecule has 27 heavy (non-hydrogen) atoms. The Bertz CT molecular complexity index is 916. The van der Waals surface area contributed by atoms with Gasteiger partial charge in [0.05, 0.1) is 0 Å². The van der Waals surface area contributed by atoms with Gasteiger partial charge in [0.1, 0.15) is 12.1 Å². The minimum absolute atomic E-state index is 0.320. The van der Waals surface area contributed by atoms with Gasteiger partial charge in [-0.15, -0.1) is 0 Å². The van der Waals surface area contributed by atoms with Crippen LogP contribution in [0.15, 0.2) is 53.0 Å². The fraction of sp³-hybridized carbons (Fsp3) is 0.250. The molecule has 1 N–H and O–H groups in total. The number of hydrogen-bond acceptors (Lipinski definition) is 3. The first-order valence-electron chi connectivity index (χ1n) is 8.46. The summed E-state index contributed by atoms with van der Waals surface area (Å²) in [7, 11) is 1.63. The Hall–Kier alpha value is -2.67.